The summed E-state index contributed by atoms with van der Waals surface area (Å²) in [4.78, 5) is 13.8. The molecule has 2 rings (SSSR count). The molecule has 1 aliphatic rings. The van der Waals surface area contributed by atoms with Crippen LogP contribution in [0.3, 0.4) is 0 Å². The Bertz CT molecular complexity index is 505. The molecule has 0 aromatic heterocycles. The molecule has 1 aromatic carbocycles. The first-order chi connectivity index (χ1) is 11.3. The lowest BCUT2D eigenvalue weighted by molar-refractivity contribution is 0.0110. The molecule has 134 valence electrons. The highest BCUT2D eigenvalue weighted by atomic mass is 16.6. The number of likely N-dealkylation sites (tertiary alicyclic amines) is 1. The number of carbonyl (C=O) groups excluding carboxylic acids is 1. The van der Waals surface area contributed by atoms with Gasteiger partial charge < -0.3 is 20.1 Å². The summed E-state index contributed by atoms with van der Waals surface area (Å²) in [7, 11) is 0. The highest BCUT2D eigenvalue weighted by molar-refractivity contribution is 5.68. The number of benzene rings is 1. The highest BCUT2D eigenvalue weighted by Gasteiger charge is 2.26. The number of hydrogen-bond donors (Lipinski definition) is 1. The summed E-state index contributed by atoms with van der Waals surface area (Å²) in [5, 5.41) is 0. The van der Waals surface area contributed by atoms with Crippen LogP contribution in [0.15, 0.2) is 30.3 Å². The molecule has 0 spiro atoms. The molecule has 1 amide bonds. The summed E-state index contributed by atoms with van der Waals surface area (Å²) in [6.07, 6.45) is 1.67. The van der Waals surface area contributed by atoms with Crippen molar-refractivity contribution in [3.05, 3.63) is 35.9 Å². The summed E-state index contributed by atoms with van der Waals surface area (Å²) in [5.74, 6) is 0.478. The zero-order valence-electron chi connectivity index (χ0n) is 15.0. The van der Waals surface area contributed by atoms with Crippen LogP contribution in [0.25, 0.3) is 0 Å². The summed E-state index contributed by atoms with van der Waals surface area (Å²) in [5.41, 5.74) is 6.79. The smallest absolute Gasteiger partial charge is 0.410 e. The lowest BCUT2D eigenvalue weighted by atomic mass is 9.98. The van der Waals surface area contributed by atoms with Gasteiger partial charge in [-0.05, 0) is 45.1 Å². The molecule has 5 nitrogen and oxygen atoms in total. The third-order valence-electron chi connectivity index (χ3n) is 4.14. The maximum atomic E-state index is 12.0. The molecule has 1 aliphatic heterocycles. The lowest BCUT2D eigenvalue weighted by Crippen LogP contribution is -2.42. The molecule has 0 aliphatic carbocycles. The Labute approximate surface area is 145 Å². The van der Waals surface area contributed by atoms with Gasteiger partial charge in [0.25, 0.3) is 0 Å². The van der Waals surface area contributed by atoms with Gasteiger partial charge in [0.2, 0.25) is 0 Å². The van der Waals surface area contributed by atoms with Crippen molar-refractivity contribution >= 4 is 6.09 Å². The van der Waals surface area contributed by atoms with Crippen LogP contribution in [0, 0.1) is 5.92 Å². The van der Waals surface area contributed by atoms with Crippen LogP contribution in [-0.2, 0) is 9.47 Å². The van der Waals surface area contributed by atoms with Crippen molar-refractivity contribution in [2.75, 3.05) is 26.3 Å². The largest absolute Gasteiger partial charge is 0.444 e. The quantitative estimate of drug-likeness (QED) is 0.897. The molecular weight excluding hydrogens is 304 g/mol. The third-order valence-corrected chi connectivity index (χ3v) is 4.14. The maximum Gasteiger partial charge on any atom is 0.410 e. The molecule has 1 saturated heterocycles. The van der Waals surface area contributed by atoms with Gasteiger partial charge in [0, 0.05) is 19.7 Å². The predicted molar refractivity (Wildman–Crippen MR) is 94.7 cm³/mol. The predicted octanol–water partition coefficient (Wildman–Crippen LogP) is 3.35. The molecule has 0 saturated carbocycles. The van der Waals surface area contributed by atoms with Crippen LogP contribution in [0.1, 0.15) is 45.2 Å². The van der Waals surface area contributed by atoms with Crippen LogP contribution >= 0.6 is 0 Å². The van der Waals surface area contributed by atoms with E-state index in [1.54, 1.807) is 4.90 Å². The molecule has 2 N–H and O–H groups in total. The van der Waals surface area contributed by atoms with Gasteiger partial charge in [0.1, 0.15) is 5.60 Å². The summed E-state index contributed by atoms with van der Waals surface area (Å²) >= 11 is 0. The minimum absolute atomic E-state index is 0.0898. The highest BCUT2D eigenvalue weighted by Crippen LogP contribution is 2.20. The van der Waals surface area contributed by atoms with Crippen molar-refractivity contribution in [1.29, 1.82) is 0 Å². The standard InChI is InChI=1S/C19H30N2O3/c1-19(2,3)24-18(22)21-11-9-15(10-12-21)13-23-14-17(20)16-7-5-4-6-8-16/h4-8,15,17H,9-14,20H2,1-3H3. The molecule has 0 bridgehead atoms. The molecule has 24 heavy (non-hydrogen) atoms. The zero-order chi connectivity index (χ0) is 17.6. The Hall–Kier alpha value is -1.59. The number of ether oxygens (including phenoxy) is 2. The molecular formula is C19H30N2O3. The Morgan fingerprint density at radius 3 is 2.46 bits per heavy atom. The second-order valence-corrected chi connectivity index (χ2v) is 7.47. The van der Waals surface area contributed by atoms with Crippen molar-refractivity contribution in [3.8, 4) is 0 Å². The molecule has 1 aromatic rings. The molecule has 1 atom stereocenters. The lowest BCUT2D eigenvalue weighted by Gasteiger charge is -2.33. The third kappa shape index (κ3) is 6.13. The number of hydrogen-bond acceptors (Lipinski definition) is 4. The van der Waals surface area contributed by atoms with Crippen molar-refractivity contribution in [2.45, 2.75) is 45.3 Å². The Balaban J connectivity index is 1.65. The van der Waals surface area contributed by atoms with E-state index in [9.17, 15) is 4.79 Å². The van der Waals surface area contributed by atoms with E-state index in [0.29, 0.717) is 19.1 Å². The van der Waals surface area contributed by atoms with E-state index in [2.05, 4.69) is 0 Å². The Kier molecular flexibility index (Phi) is 6.63. The van der Waals surface area contributed by atoms with E-state index >= 15 is 0 Å². The Morgan fingerprint density at radius 1 is 1.25 bits per heavy atom. The first-order valence-corrected chi connectivity index (χ1v) is 8.71. The number of nitrogens with two attached hydrogens (primary N) is 1. The van der Waals surface area contributed by atoms with Crippen molar-refractivity contribution < 1.29 is 14.3 Å². The van der Waals surface area contributed by atoms with Crippen molar-refractivity contribution in [2.24, 2.45) is 11.7 Å². The van der Waals surface area contributed by atoms with Crippen molar-refractivity contribution in [3.63, 3.8) is 0 Å². The van der Waals surface area contributed by atoms with Gasteiger partial charge in [-0.2, -0.15) is 0 Å². The van der Waals surface area contributed by atoms with Crippen LogP contribution < -0.4 is 5.73 Å². The topological polar surface area (TPSA) is 64.8 Å². The monoisotopic (exact) mass is 334 g/mol. The second kappa shape index (κ2) is 8.49. The van der Waals surface area contributed by atoms with Crippen LogP contribution in [-0.4, -0.2) is 42.9 Å². The fourth-order valence-electron chi connectivity index (χ4n) is 2.77. The van der Waals surface area contributed by atoms with Gasteiger partial charge in [0.05, 0.1) is 12.6 Å². The van der Waals surface area contributed by atoms with Gasteiger partial charge in [-0.3, -0.25) is 0 Å². The number of piperidine rings is 1. The maximum absolute atomic E-state index is 12.0. The minimum Gasteiger partial charge on any atom is -0.444 e. The number of rotatable bonds is 5. The van der Waals surface area contributed by atoms with Crippen LogP contribution in [0.5, 0.6) is 0 Å². The van der Waals surface area contributed by atoms with E-state index in [-0.39, 0.29) is 12.1 Å². The van der Waals surface area contributed by atoms with Gasteiger partial charge in [0.15, 0.2) is 0 Å². The van der Waals surface area contributed by atoms with Gasteiger partial charge in [-0.1, -0.05) is 30.3 Å². The van der Waals surface area contributed by atoms with Crippen LogP contribution in [0.4, 0.5) is 4.79 Å². The van der Waals surface area contributed by atoms with E-state index in [1.165, 1.54) is 0 Å². The molecule has 1 unspecified atom stereocenters. The van der Waals surface area contributed by atoms with Gasteiger partial charge >= 0.3 is 6.09 Å². The number of carbonyl (C=O) groups is 1. The fourth-order valence-corrected chi connectivity index (χ4v) is 2.77. The fraction of sp³-hybridized carbons (Fsp3) is 0.632. The summed E-state index contributed by atoms with van der Waals surface area (Å²) < 4.78 is 11.2. The molecule has 1 heterocycles. The van der Waals surface area contributed by atoms with Gasteiger partial charge in [-0.25, -0.2) is 4.79 Å². The zero-order valence-corrected chi connectivity index (χ0v) is 15.0. The van der Waals surface area contributed by atoms with E-state index in [0.717, 1.165) is 31.5 Å². The summed E-state index contributed by atoms with van der Waals surface area (Å²) in [6.45, 7) is 8.35. The average molecular weight is 334 g/mol. The van der Waals surface area contributed by atoms with E-state index < -0.39 is 5.60 Å². The number of nitrogens with zero attached hydrogens (tertiary/aromatic N) is 1. The van der Waals surface area contributed by atoms with Crippen molar-refractivity contribution in [1.82, 2.24) is 4.90 Å². The van der Waals surface area contributed by atoms with E-state index in [4.69, 9.17) is 15.2 Å². The Morgan fingerprint density at radius 2 is 1.88 bits per heavy atom. The van der Waals surface area contributed by atoms with Crippen LogP contribution in [0.2, 0.25) is 0 Å². The second-order valence-electron chi connectivity index (χ2n) is 7.47. The average Bonchev–Trinajstić information content (AvgIpc) is 2.54. The minimum atomic E-state index is -0.440. The first kappa shape index (κ1) is 18.7. The molecule has 5 heteroatoms. The SMILES string of the molecule is CC(C)(C)OC(=O)N1CCC(COCC(N)c2ccccc2)CC1. The molecule has 0 radical (unpaired) electrons. The number of amides is 1. The first-order valence-electron chi connectivity index (χ1n) is 8.71. The van der Waals surface area contributed by atoms with E-state index in [1.807, 2.05) is 51.1 Å². The normalized spacial score (nSPS) is 17.6. The molecule has 1 fully saturated rings. The van der Waals surface area contributed by atoms with Gasteiger partial charge in [-0.15, -0.1) is 0 Å². The summed E-state index contributed by atoms with van der Waals surface area (Å²) in [6, 6.07) is 9.91.